The number of imide groups is 1. The van der Waals surface area contributed by atoms with Gasteiger partial charge in [-0.25, -0.2) is 0 Å². The lowest BCUT2D eigenvalue weighted by Crippen LogP contribution is -2.53. The molecule has 4 aliphatic heterocycles. The second kappa shape index (κ2) is 13.9. The number of nitrogens with one attached hydrogen (secondary N) is 2. The fraction of sp³-hybridized carbons (Fsp3) is 0.432. The number of piperazine rings is 1. The molecule has 2 atom stereocenters. The van der Waals surface area contributed by atoms with Crippen molar-refractivity contribution in [3.63, 3.8) is 0 Å². The highest BCUT2D eigenvalue weighted by Gasteiger charge is 2.44. The normalized spacial score (nSPS) is 22.9. The molecule has 288 valence electrons. The van der Waals surface area contributed by atoms with Gasteiger partial charge in [-0.3, -0.25) is 34.3 Å². The highest BCUT2D eigenvalue weighted by molar-refractivity contribution is 7.80. The summed E-state index contributed by atoms with van der Waals surface area (Å²) in [5.74, 6) is -0.885. The number of fused-ring (bicyclic) bond motifs is 5. The molecule has 3 aromatic carbocycles. The number of amides is 3. The third kappa shape index (κ3) is 5.94. The number of H-pyrrole nitrogens is 1. The zero-order chi connectivity index (χ0) is 39.0. The van der Waals surface area contributed by atoms with Crippen molar-refractivity contribution in [2.45, 2.75) is 82.3 Å². The molecule has 2 unspecified atom stereocenters. The third-order valence-corrected chi connectivity index (χ3v) is 13.6. The summed E-state index contributed by atoms with van der Waals surface area (Å²) in [5, 5.41) is 12.2. The Morgan fingerprint density at radius 3 is 2.39 bits per heavy atom. The quantitative estimate of drug-likeness (QED) is 0.174. The van der Waals surface area contributed by atoms with Gasteiger partial charge in [0.15, 0.2) is 5.78 Å². The lowest BCUT2D eigenvalue weighted by Gasteiger charge is -2.44. The number of carbonyl (C=O) groups is 4. The summed E-state index contributed by atoms with van der Waals surface area (Å²) in [6, 6.07) is 18.0. The molecule has 0 saturated carbocycles. The van der Waals surface area contributed by atoms with Gasteiger partial charge in [0.25, 0.3) is 5.91 Å². The van der Waals surface area contributed by atoms with Crippen LogP contribution < -0.4 is 10.2 Å². The molecule has 0 spiro atoms. The van der Waals surface area contributed by atoms with Gasteiger partial charge in [0.1, 0.15) is 11.4 Å². The molecule has 11 nitrogen and oxygen atoms in total. The Hall–Kier alpha value is -4.96. The maximum atomic E-state index is 14.1. The fourth-order valence-electron chi connectivity index (χ4n) is 9.94. The summed E-state index contributed by atoms with van der Waals surface area (Å²) < 4.78 is 0. The average molecular weight is 770 g/mol. The minimum Gasteiger partial charge on any atom is -0.371 e. The summed E-state index contributed by atoms with van der Waals surface area (Å²) in [4.78, 5) is 64.6. The monoisotopic (exact) mass is 769 g/mol. The van der Waals surface area contributed by atoms with Gasteiger partial charge in [-0.2, -0.15) is 5.26 Å². The van der Waals surface area contributed by atoms with E-state index < -0.39 is 22.7 Å². The minimum absolute atomic E-state index is 0.0526. The van der Waals surface area contributed by atoms with E-state index in [0.29, 0.717) is 23.6 Å². The molecule has 1 aliphatic carbocycles. The van der Waals surface area contributed by atoms with Crippen LogP contribution in [-0.2, 0) is 28.0 Å². The van der Waals surface area contributed by atoms with Crippen LogP contribution in [0.3, 0.4) is 0 Å². The van der Waals surface area contributed by atoms with Crippen molar-refractivity contribution in [1.82, 2.24) is 25.0 Å². The van der Waals surface area contributed by atoms with E-state index in [1.165, 1.54) is 16.2 Å². The average Bonchev–Trinajstić information content (AvgIpc) is 3.71. The van der Waals surface area contributed by atoms with E-state index >= 15 is 0 Å². The van der Waals surface area contributed by atoms with Crippen LogP contribution in [0.1, 0.15) is 112 Å². The molecule has 2 N–H and O–H groups in total. The number of nitrogens with zero attached hydrogens (tertiary/aromatic N) is 5. The van der Waals surface area contributed by atoms with Crippen LogP contribution >= 0.6 is 12.6 Å². The SMILES string of the molecule is CCc1cc2c(cc1N1CCC(N3CCN(Cc4ccc5c(c4)C(=O)N(C4CCC(=O)NC4=O)C5S)CC3)CC1)C(C)(C)c1[nH]c3cc(C#N)ccc3c1C2=O. The van der Waals surface area contributed by atoms with Crippen LogP contribution in [0.5, 0.6) is 0 Å². The van der Waals surface area contributed by atoms with Crippen molar-refractivity contribution >= 4 is 52.7 Å². The molecular weight excluding hydrogens is 723 g/mol. The number of nitriles is 1. The van der Waals surface area contributed by atoms with Gasteiger partial charge in [-0.1, -0.05) is 39.0 Å². The van der Waals surface area contributed by atoms with Crippen molar-refractivity contribution in [3.8, 4) is 6.07 Å². The van der Waals surface area contributed by atoms with Gasteiger partial charge in [0.05, 0.1) is 17.2 Å². The molecule has 0 bridgehead atoms. The van der Waals surface area contributed by atoms with Gasteiger partial charge in [0, 0.05) is 97.1 Å². The van der Waals surface area contributed by atoms with E-state index in [0.717, 1.165) is 109 Å². The zero-order valence-corrected chi connectivity index (χ0v) is 33.0. The number of hydrogen-bond donors (Lipinski definition) is 3. The Bertz CT molecular complexity index is 2360. The number of aromatic amines is 1. The number of carbonyl (C=O) groups excluding carboxylic acids is 4. The summed E-state index contributed by atoms with van der Waals surface area (Å²) in [7, 11) is 0. The Morgan fingerprint density at radius 2 is 1.68 bits per heavy atom. The highest BCUT2D eigenvalue weighted by Crippen LogP contribution is 2.46. The lowest BCUT2D eigenvalue weighted by molar-refractivity contribution is -0.137. The number of piperidine rings is 2. The number of aryl methyl sites for hydroxylation is 1. The first-order valence-electron chi connectivity index (χ1n) is 19.9. The molecule has 5 heterocycles. The number of benzene rings is 3. The predicted molar refractivity (Wildman–Crippen MR) is 217 cm³/mol. The van der Waals surface area contributed by atoms with Crippen LogP contribution in [-0.4, -0.2) is 94.5 Å². The first kappa shape index (κ1) is 36.7. The van der Waals surface area contributed by atoms with E-state index in [9.17, 15) is 24.4 Å². The van der Waals surface area contributed by atoms with Crippen molar-refractivity contribution in [2.24, 2.45) is 0 Å². The second-order valence-corrected chi connectivity index (χ2v) is 17.1. The van der Waals surface area contributed by atoms with Crippen LogP contribution in [0.15, 0.2) is 48.5 Å². The summed E-state index contributed by atoms with van der Waals surface area (Å²) in [5.41, 5.74) is 9.38. The molecule has 3 saturated heterocycles. The Morgan fingerprint density at radius 1 is 0.911 bits per heavy atom. The first-order valence-corrected chi connectivity index (χ1v) is 20.5. The van der Waals surface area contributed by atoms with E-state index in [4.69, 9.17) is 12.6 Å². The zero-order valence-electron chi connectivity index (χ0n) is 32.2. The van der Waals surface area contributed by atoms with Crippen LogP contribution in [0.2, 0.25) is 0 Å². The number of ketones is 1. The number of anilines is 1. The largest absolute Gasteiger partial charge is 0.371 e. The van der Waals surface area contributed by atoms with Gasteiger partial charge >= 0.3 is 0 Å². The summed E-state index contributed by atoms with van der Waals surface area (Å²) in [6.07, 6.45) is 3.53. The molecule has 0 radical (unpaired) electrons. The topological polar surface area (TPSA) is 133 Å². The molecule has 3 fully saturated rings. The molecule has 56 heavy (non-hydrogen) atoms. The molecule has 12 heteroatoms. The smallest absolute Gasteiger partial charge is 0.256 e. The van der Waals surface area contributed by atoms with Crippen LogP contribution in [0, 0.1) is 11.3 Å². The third-order valence-electron chi connectivity index (χ3n) is 13.1. The number of rotatable bonds is 6. The van der Waals surface area contributed by atoms with Crippen molar-refractivity contribution < 1.29 is 19.2 Å². The fourth-order valence-corrected chi connectivity index (χ4v) is 10.4. The van der Waals surface area contributed by atoms with Crippen LogP contribution in [0.25, 0.3) is 10.9 Å². The van der Waals surface area contributed by atoms with Gasteiger partial charge in [-0.05, 0) is 78.3 Å². The molecule has 1 aromatic heterocycles. The number of hydrogen-bond acceptors (Lipinski definition) is 9. The maximum absolute atomic E-state index is 14.1. The molecule has 9 rings (SSSR count). The molecule has 3 amide bonds. The number of aromatic nitrogens is 1. The summed E-state index contributed by atoms with van der Waals surface area (Å²) >= 11 is 4.71. The second-order valence-electron chi connectivity index (χ2n) is 16.6. The van der Waals surface area contributed by atoms with E-state index in [2.05, 4.69) is 70.0 Å². The van der Waals surface area contributed by atoms with Gasteiger partial charge in [0.2, 0.25) is 11.8 Å². The number of thiol groups is 1. The van der Waals surface area contributed by atoms with Gasteiger partial charge < -0.3 is 14.8 Å². The van der Waals surface area contributed by atoms with Crippen molar-refractivity contribution in [3.05, 3.63) is 98.7 Å². The van der Waals surface area contributed by atoms with E-state index in [1.54, 1.807) is 6.07 Å². The van der Waals surface area contributed by atoms with Crippen LogP contribution in [0.4, 0.5) is 5.69 Å². The first-order chi connectivity index (χ1) is 27.0. The Kier molecular flexibility index (Phi) is 9.10. The van der Waals surface area contributed by atoms with Crippen molar-refractivity contribution in [1.29, 1.82) is 5.26 Å². The van der Waals surface area contributed by atoms with E-state index in [-0.39, 0.29) is 24.0 Å². The Labute approximate surface area is 332 Å². The van der Waals surface area contributed by atoms with Crippen molar-refractivity contribution in [2.75, 3.05) is 44.2 Å². The predicted octanol–water partition coefficient (Wildman–Crippen LogP) is 5.45. The highest BCUT2D eigenvalue weighted by atomic mass is 32.1. The lowest BCUT2D eigenvalue weighted by atomic mass is 9.70. The summed E-state index contributed by atoms with van der Waals surface area (Å²) in [6.45, 7) is 13.1. The van der Waals surface area contributed by atoms with E-state index in [1.807, 2.05) is 24.3 Å². The molecular formula is C44H47N7O4S. The molecule has 4 aromatic rings. The van der Waals surface area contributed by atoms with Gasteiger partial charge in [-0.15, -0.1) is 12.6 Å². The minimum atomic E-state index is -0.696. The molecule has 5 aliphatic rings. The maximum Gasteiger partial charge on any atom is 0.256 e. The standard InChI is InChI=1S/C44H47N7O4S/c1-4-27-21-32-33(44(2,3)40-38(39(32)53)30-8-5-25(23-45)20-34(30)46-40)22-36(27)50-13-11-28(12-14-50)49-17-15-48(16-18-49)24-26-6-7-29-31(19-26)42(55)51(43(29)56)35-9-10-37(52)47-41(35)54/h5-8,19-22,28,35,43,46,56H,4,9-18,24H2,1-3H3,(H,47,52,54). The Balaban J connectivity index is 0.837.